The molecule has 3 heterocycles. The molecule has 7 nitrogen and oxygen atoms in total. The van der Waals surface area contributed by atoms with Gasteiger partial charge < -0.3 is 9.88 Å². The number of aromatic nitrogens is 3. The van der Waals surface area contributed by atoms with Gasteiger partial charge in [-0.05, 0) is 24.3 Å². The summed E-state index contributed by atoms with van der Waals surface area (Å²) in [6.45, 7) is 3.95. The maximum absolute atomic E-state index is 12.3. The zero-order valence-electron chi connectivity index (χ0n) is 16.4. The average molecular weight is 396 g/mol. The lowest BCUT2D eigenvalue weighted by Gasteiger charge is -2.36. The van der Waals surface area contributed by atoms with Crippen molar-refractivity contribution in [1.82, 2.24) is 19.9 Å². The van der Waals surface area contributed by atoms with Gasteiger partial charge in [-0.1, -0.05) is 30.3 Å². The first kappa shape index (κ1) is 18.3. The van der Waals surface area contributed by atoms with Crippen molar-refractivity contribution < 1.29 is 0 Å². The lowest BCUT2D eigenvalue weighted by atomic mass is 10.1. The summed E-state index contributed by atoms with van der Waals surface area (Å²) in [5.41, 5.74) is 2.95. The van der Waals surface area contributed by atoms with Crippen molar-refractivity contribution in [3.8, 4) is 6.07 Å². The fraction of sp³-hybridized carbons (Fsp3) is 0.217. The number of rotatable bonds is 3. The van der Waals surface area contributed by atoms with Gasteiger partial charge in [0.05, 0.1) is 23.0 Å². The second-order valence-electron chi connectivity index (χ2n) is 7.45. The number of aromatic amines is 1. The number of piperazine rings is 1. The highest BCUT2D eigenvalue weighted by atomic mass is 16.1. The van der Waals surface area contributed by atoms with Gasteiger partial charge in [0.15, 0.2) is 0 Å². The molecule has 0 bridgehead atoms. The van der Waals surface area contributed by atoms with Crippen LogP contribution in [0.3, 0.4) is 0 Å². The van der Waals surface area contributed by atoms with Crippen LogP contribution in [-0.2, 0) is 6.54 Å². The number of para-hydroxylation sites is 2. The molecule has 4 aromatic rings. The smallest absolute Gasteiger partial charge is 0.258 e. The van der Waals surface area contributed by atoms with Crippen molar-refractivity contribution in [2.75, 3.05) is 31.1 Å². The number of nitrogens with zero attached hydrogens (tertiary/aromatic N) is 5. The molecule has 2 aromatic carbocycles. The van der Waals surface area contributed by atoms with Crippen molar-refractivity contribution >= 4 is 27.5 Å². The van der Waals surface area contributed by atoms with E-state index in [1.165, 1.54) is 0 Å². The number of anilines is 1. The average Bonchev–Trinajstić information content (AvgIpc) is 2.79. The summed E-state index contributed by atoms with van der Waals surface area (Å²) in [5, 5.41) is 11.0. The number of pyridine rings is 1. The molecule has 5 rings (SSSR count). The fourth-order valence-electron chi connectivity index (χ4n) is 4.04. The molecule has 0 saturated carbocycles. The molecule has 0 aliphatic carbocycles. The van der Waals surface area contributed by atoms with E-state index in [0.717, 1.165) is 48.3 Å². The Hall–Kier alpha value is -3.76. The molecule has 30 heavy (non-hydrogen) atoms. The Bertz CT molecular complexity index is 1330. The molecular formula is C23H20N6O. The molecule has 2 aromatic heterocycles. The van der Waals surface area contributed by atoms with E-state index in [-0.39, 0.29) is 5.56 Å². The standard InChI is InChI=1S/C23H20N6O/c24-14-16-13-21(17-5-1-3-7-19(17)25-16)29-11-9-28(10-12-29)15-22-26-20-8-4-2-6-18(20)23(30)27-22/h1-8,13H,9-12,15H2,(H,26,27,30). The topological polar surface area (TPSA) is 88.9 Å². The number of nitrogens with one attached hydrogen (secondary N) is 1. The Morgan fingerprint density at radius 3 is 2.33 bits per heavy atom. The Morgan fingerprint density at radius 1 is 0.933 bits per heavy atom. The zero-order valence-corrected chi connectivity index (χ0v) is 16.4. The minimum Gasteiger partial charge on any atom is -0.368 e. The van der Waals surface area contributed by atoms with Crippen molar-refractivity contribution in [3.05, 3.63) is 76.5 Å². The van der Waals surface area contributed by atoms with E-state index in [0.29, 0.717) is 23.4 Å². The minimum absolute atomic E-state index is 0.0958. The van der Waals surface area contributed by atoms with Gasteiger partial charge in [0.2, 0.25) is 0 Å². The monoisotopic (exact) mass is 396 g/mol. The van der Waals surface area contributed by atoms with Gasteiger partial charge in [0.25, 0.3) is 5.56 Å². The maximum atomic E-state index is 12.3. The quantitative estimate of drug-likeness (QED) is 0.573. The van der Waals surface area contributed by atoms with Crippen molar-refractivity contribution in [1.29, 1.82) is 5.26 Å². The van der Waals surface area contributed by atoms with E-state index >= 15 is 0 Å². The van der Waals surface area contributed by atoms with Crippen LogP contribution in [0.2, 0.25) is 0 Å². The normalized spacial score (nSPS) is 14.8. The molecule has 148 valence electrons. The van der Waals surface area contributed by atoms with Crippen molar-refractivity contribution in [2.45, 2.75) is 6.54 Å². The summed E-state index contributed by atoms with van der Waals surface area (Å²) in [5.74, 6) is 0.688. The number of H-pyrrole nitrogens is 1. The van der Waals surface area contributed by atoms with E-state index in [9.17, 15) is 10.1 Å². The highest BCUT2D eigenvalue weighted by Gasteiger charge is 2.20. The van der Waals surface area contributed by atoms with Crippen LogP contribution in [0.5, 0.6) is 0 Å². The van der Waals surface area contributed by atoms with Gasteiger partial charge in [-0.15, -0.1) is 0 Å². The summed E-state index contributed by atoms with van der Waals surface area (Å²) in [6.07, 6.45) is 0. The predicted molar refractivity (Wildman–Crippen MR) is 116 cm³/mol. The second-order valence-corrected chi connectivity index (χ2v) is 7.45. The van der Waals surface area contributed by atoms with Crippen LogP contribution >= 0.6 is 0 Å². The first-order valence-electron chi connectivity index (χ1n) is 9.96. The molecule has 0 radical (unpaired) electrons. The molecule has 0 atom stereocenters. The summed E-state index contributed by atoms with van der Waals surface area (Å²) in [7, 11) is 0. The highest BCUT2D eigenvalue weighted by molar-refractivity contribution is 5.92. The third-order valence-electron chi connectivity index (χ3n) is 5.56. The Kier molecular flexibility index (Phi) is 4.62. The van der Waals surface area contributed by atoms with Crippen LogP contribution in [0.25, 0.3) is 21.8 Å². The Morgan fingerprint density at radius 2 is 1.60 bits per heavy atom. The van der Waals surface area contributed by atoms with Gasteiger partial charge in [0.1, 0.15) is 17.6 Å². The maximum Gasteiger partial charge on any atom is 0.258 e. The van der Waals surface area contributed by atoms with E-state index in [4.69, 9.17) is 0 Å². The predicted octanol–water partition coefficient (Wildman–Crippen LogP) is 2.67. The first-order valence-corrected chi connectivity index (χ1v) is 9.96. The van der Waals surface area contributed by atoms with Crippen LogP contribution in [-0.4, -0.2) is 46.0 Å². The summed E-state index contributed by atoms with van der Waals surface area (Å²) in [4.78, 5) is 28.8. The lowest BCUT2D eigenvalue weighted by Crippen LogP contribution is -2.46. The second kappa shape index (κ2) is 7.58. The third kappa shape index (κ3) is 3.38. The molecule has 1 saturated heterocycles. The van der Waals surface area contributed by atoms with Gasteiger partial charge in [0, 0.05) is 37.3 Å². The van der Waals surface area contributed by atoms with E-state index in [1.54, 1.807) is 6.07 Å². The number of hydrogen-bond donors (Lipinski definition) is 1. The van der Waals surface area contributed by atoms with Gasteiger partial charge in [-0.2, -0.15) is 5.26 Å². The number of fused-ring (bicyclic) bond motifs is 2. The number of hydrogen-bond acceptors (Lipinski definition) is 6. The van der Waals surface area contributed by atoms with Crippen LogP contribution in [0.1, 0.15) is 11.5 Å². The summed E-state index contributed by atoms with van der Waals surface area (Å²) < 4.78 is 0. The Balaban J connectivity index is 1.35. The van der Waals surface area contributed by atoms with Crippen molar-refractivity contribution in [3.63, 3.8) is 0 Å². The van der Waals surface area contributed by atoms with Gasteiger partial charge >= 0.3 is 0 Å². The largest absolute Gasteiger partial charge is 0.368 e. The van der Waals surface area contributed by atoms with Crippen molar-refractivity contribution in [2.24, 2.45) is 0 Å². The number of nitriles is 1. The SMILES string of the molecule is N#Cc1cc(N2CCN(Cc3nc4ccccc4c(=O)[nH]3)CC2)c2ccccc2n1. The van der Waals surface area contributed by atoms with Gasteiger partial charge in [-0.25, -0.2) is 9.97 Å². The minimum atomic E-state index is -0.0958. The molecule has 7 heteroatoms. The summed E-state index contributed by atoms with van der Waals surface area (Å²) >= 11 is 0. The molecule has 0 spiro atoms. The molecular weight excluding hydrogens is 376 g/mol. The van der Waals surface area contributed by atoms with E-state index < -0.39 is 0 Å². The van der Waals surface area contributed by atoms with Crippen LogP contribution in [0.15, 0.2) is 59.4 Å². The molecule has 0 unspecified atom stereocenters. The summed E-state index contributed by atoms with van der Waals surface area (Å²) in [6, 6.07) is 19.4. The molecule has 1 aliphatic rings. The molecule has 1 fully saturated rings. The van der Waals surface area contributed by atoms with Crippen LogP contribution in [0, 0.1) is 11.3 Å². The fourth-order valence-corrected chi connectivity index (χ4v) is 4.04. The third-order valence-corrected chi connectivity index (χ3v) is 5.56. The molecule has 0 amide bonds. The van der Waals surface area contributed by atoms with E-state index in [1.807, 2.05) is 42.5 Å². The number of benzene rings is 2. The lowest BCUT2D eigenvalue weighted by molar-refractivity contribution is 0.244. The van der Waals surface area contributed by atoms with Crippen LogP contribution < -0.4 is 10.5 Å². The van der Waals surface area contributed by atoms with Gasteiger partial charge in [-0.3, -0.25) is 9.69 Å². The molecule has 1 N–H and O–H groups in total. The zero-order chi connectivity index (χ0) is 20.5. The van der Waals surface area contributed by atoms with E-state index in [2.05, 4.69) is 36.9 Å². The first-order chi connectivity index (χ1) is 14.7. The van der Waals surface area contributed by atoms with Crippen LogP contribution in [0.4, 0.5) is 5.69 Å². The Labute approximate surface area is 173 Å². The molecule has 1 aliphatic heterocycles. The highest BCUT2D eigenvalue weighted by Crippen LogP contribution is 2.27.